The van der Waals surface area contributed by atoms with Gasteiger partial charge in [-0.1, -0.05) is 77.1 Å². The fourth-order valence-electron chi connectivity index (χ4n) is 6.42. The number of ether oxygens (including phenoxy) is 2. The van der Waals surface area contributed by atoms with Gasteiger partial charge in [-0.05, 0) is 61.8 Å². The third-order valence-corrected chi connectivity index (χ3v) is 8.38. The summed E-state index contributed by atoms with van der Waals surface area (Å²) in [5, 5.41) is 2.99. The molecule has 0 spiro atoms. The zero-order valence-corrected chi connectivity index (χ0v) is 25.2. The van der Waals surface area contributed by atoms with Crippen LogP contribution in [0.2, 0.25) is 0 Å². The normalized spacial score (nSPS) is 19.5. The minimum atomic E-state index is -0.581. The summed E-state index contributed by atoms with van der Waals surface area (Å²) in [6, 6.07) is 11.9. The molecule has 2 unspecified atom stereocenters. The molecule has 40 heavy (non-hydrogen) atoms. The van der Waals surface area contributed by atoms with Gasteiger partial charge in [-0.3, -0.25) is 10.1 Å². The first-order valence-corrected chi connectivity index (χ1v) is 15.4. The van der Waals surface area contributed by atoms with Gasteiger partial charge in [0.15, 0.2) is 0 Å². The number of carbonyl (C=O) groups excluding carboxylic acids is 2. The van der Waals surface area contributed by atoms with Gasteiger partial charge in [0.1, 0.15) is 17.6 Å². The molecular weight excluding hydrogens is 500 g/mol. The number of hydrogen-bond donors (Lipinski definition) is 1. The molecule has 0 saturated heterocycles. The summed E-state index contributed by atoms with van der Waals surface area (Å²) in [7, 11) is 0. The number of anilines is 2. The van der Waals surface area contributed by atoms with Crippen LogP contribution in [0, 0.1) is 0 Å². The Hall–Kier alpha value is -3.02. The zero-order valence-electron chi connectivity index (χ0n) is 25.2. The van der Waals surface area contributed by atoms with Crippen LogP contribution in [0.4, 0.5) is 16.2 Å². The lowest BCUT2D eigenvalue weighted by molar-refractivity contribution is -0.121. The van der Waals surface area contributed by atoms with Gasteiger partial charge in [-0.25, -0.2) is 4.79 Å². The van der Waals surface area contributed by atoms with Crippen LogP contribution in [0.5, 0.6) is 5.75 Å². The smallest absolute Gasteiger partial charge is 0.412 e. The molecule has 0 fully saturated rings. The van der Waals surface area contributed by atoms with Crippen LogP contribution in [0.25, 0.3) is 0 Å². The summed E-state index contributed by atoms with van der Waals surface area (Å²) in [6.45, 7) is 12.9. The molecule has 218 valence electrons. The zero-order chi connectivity index (χ0) is 28.7. The highest BCUT2D eigenvalue weighted by Gasteiger charge is 2.37. The summed E-state index contributed by atoms with van der Waals surface area (Å²) in [5.74, 6) is 1.10. The second-order valence-corrected chi connectivity index (χ2v) is 12.2. The van der Waals surface area contributed by atoms with Crippen LogP contribution >= 0.6 is 0 Å². The molecule has 1 aliphatic heterocycles. The predicted molar refractivity (Wildman–Crippen MR) is 163 cm³/mol. The van der Waals surface area contributed by atoms with E-state index in [0.717, 1.165) is 43.4 Å². The van der Waals surface area contributed by atoms with Crippen molar-refractivity contribution in [3.63, 3.8) is 0 Å². The standard InChI is InChI=1S/C34H48N2O4/c1-6-8-9-10-11-14-18-39-32-22-30-28(24(3)23-34(4,5)36(30)17-7-2)21-29(32)35-33(38)40-31-20-26(37)19-25-15-12-13-16-27(25)31/h12-13,15-16,21-22,24,31H,6-11,14,17-20,23H2,1-5H3,(H,35,38). The van der Waals surface area contributed by atoms with E-state index in [1.807, 2.05) is 24.3 Å². The number of unbranched alkanes of at least 4 members (excludes halogenated alkanes) is 5. The predicted octanol–water partition coefficient (Wildman–Crippen LogP) is 8.73. The number of carbonyl (C=O) groups is 2. The maximum absolute atomic E-state index is 13.2. The lowest BCUT2D eigenvalue weighted by Gasteiger charge is -2.48. The van der Waals surface area contributed by atoms with Gasteiger partial charge in [0.05, 0.1) is 12.3 Å². The second kappa shape index (κ2) is 13.6. The van der Waals surface area contributed by atoms with Gasteiger partial charge < -0.3 is 14.4 Å². The lowest BCUT2D eigenvalue weighted by Crippen LogP contribution is -2.48. The van der Waals surface area contributed by atoms with Gasteiger partial charge in [-0.2, -0.15) is 0 Å². The third kappa shape index (κ3) is 7.18. The van der Waals surface area contributed by atoms with E-state index < -0.39 is 12.2 Å². The Labute approximate surface area is 240 Å². The molecule has 6 nitrogen and oxygen atoms in total. The quantitative estimate of drug-likeness (QED) is 0.269. The van der Waals surface area contributed by atoms with Crippen molar-refractivity contribution < 1.29 is 19.1 Å². The molecule has 6 heteroatoms. The average molecular weight is 549 g/mol. The van der Waals surface area contributed by atoms with Gasteiger partial charge in [0.2, 0.25) is 0 Å². The average Bonchev–Trinajstić information content (AvgIpc) is 2.90. The minimum absolute atomic E-state index is 0.0355. The van der Waals surface area contributed by atoms with Crippen molar-refractivity contribution in [3.05, 3.63) is 53.1 Å². The molecular formula is C34H48N2O4. The Balaban J connectivity index is 1.56. The van der Waals surface area contributed by atoms with Crippen LogP contribution in [0.1, 0.15) is 121 Å². The highest BCUT2D eigenvalue weighted by molar-refractivity contribution is 5.89. The Bertz CT molecular complexity index is 1170. The summed E-state index contributed by atoms with van der Waals surface area (Å²) in [4.78, 5) is 28.1. The van der Waals surface area contributed by atoms with E-state index in [2.05, 4.69) is 57.0 Å². The largest absolute Gasteiger partial charge is 0.491 e. The van der Waals surface area contributed by atoms with Crippen molar-refractivity contribution in [1.29, 1.82) is 0 Å². The van der Waals surface area contributed by atoms with Crippen LogP contribution in [0.3, 0.4) is 0 Å². The number of nitrogens with zero attached hydrogens (tertiary/aromatic N) is 1. The van der Waals surface area contributed by atoms with Gasteiger partial charge in [-0.15, -0.1) is 0 Å². The van der Waals surface area contributed by atoms with Gasteiger partial charge in [0, 0.05) is 36.7 Å². The number of amides is 1. The summed E-state index contributed by atoms with van der Waals surface area (Å²) < 4.78 is 12.2. The molecule has 1 N–H and O–H groups in total. The van der Waals surface area contributed by atoms with Gasteiger partial charge >= 0.3 is 6.09 Å². The number of fused-ring (bicyclic) bond motifs is 2. The van der Waals surface area contributed by atoms with E-state index in [-0.39, 0.29) is 17.7 Å². The summed E-state index contributed by atoms with van der Waals surface area (Å²) >= 11 is 0. The first-order chi connectivity index (χ1) is 19.2. The highest BCUT2D eigenvalue weighted by Crippen LogP contribution is 2.47. The number of Topliss-reactive ketones (excluding diaryl/α,β-unsaturated/α-hetero) is 1. The molecule has 0 radical (unpaired) electrons. The van der Waals surface area contributed by atoms with E-state index in [9.17, 15) is 9.59 Å². The Morgan fingerprint density at radius 2 is 1.77 bits per heavy atom. The maximum atomic E-state index is 13.2. The Morgan fingerprint density at radius 3 is 2.55 bits per heavy atom. The van der Waals surface area contributed by atoms with Crippen LogP contribution in [0.15, 0.2) is 36.4 Å². The first-order valence-electron chi connectivity index (χ1n) is 15.4. The number of benzene rings is 2. The van der Waals surface area contributed by atoms with Crippen molar-refractivity contribution >= 4 is 23.3 Å². The molecule has 1 aliphatic carbocycles. The molecule has 2 aromatic rings. The van der Waals surface area contributed by atoms with E-state index in [1.54, 1.807) is 0 Å². The minimum Gasteiger partial charge on any atom is -0.491 e. The highest BCUT2D eigenvalue weighted by atomic mass is 16.6. The molecule has 0 bridgehead atoms. The molecule has 2 atom stereocenters. The van der Waals surface area contributed by atoms with Crippen LogP contribution in [-0.2, 0) is 16.0 Å². The third-order valence-electron chi connectivity index (χ3n) is 8.38. The molecule has 4 rings (SSSR count). The number of rotatable bonds is 12. The van der Waals surface area contributed by atoms with E-state index >= 15 is 0 Å². The maximum Gasteiger partial charge on any atom is 0.412 e. The van der Waals surface area contributed by atoms with E-state index in [1.165, 1.54) is 36.9 Å². The molecule has 1 amide bonds. The van der Waals surface area contributed by atoms with Crippen molar-refractivity contribution in [1.82, 2.24) is 0 Å². The topological polar surface area (TPSA) is 67.9 Å². The van der Waals surface area contributed by atoms with Crippen molar-refractivity contribution in [2.45, 2.75) is 116 Å². The van der Waals surface area contributed by atoms with Crippen molar-refractivity contribution in [2.75, 3.05) is 23.4 Å². The van der Waals surface area contributed by atoms with Crippen LogP contribution < -0.4 is 15.0 Å². The fraction of sp³-hybridized carbons (Fsp3) is 0.588. The molecule has 2 aromatic carbocycles. The first kappa shape index (κ1) is 30.0. The van der Waals surface area contributed by atoms with Crippen molar-refractivity contribution in [2.24, 2.45) is 0 Å². The second-order valence-electron chi connectivity index (χ2n) is 12.2. The summed E-state index contributed by atoms with van der Waals surface area (Å²) in [5.41, 5.74) is 4.91. The molecule has 0 saturated carbocycles. The Kier molecular flexibility index (Phi) is 10.2. The SMILES string of the molecule is CCCCCCCCOc1cc2c(cc1NC(=O)OC1CC(=O)Cc3ccccc31)C(C)CC(C)(C)N2CCC. The van der Waals surface area contributed by atoms with E-state index in [4.69, 9.17) is 9.47 Å². The Morgan fingerprint density at radius 1 is 1.02 bits per heavy atom. The molecule has 2 aliphatic rings. The fourth-order valence-corrected chi connectivity index (χ4v) is 6.42. The number of hydrogen-bond acceptors (Lipinski definition) is 5. The number of ketones is 1. The number of nitrogens with one attached hydrogen (secondary N) is 1. The van der Waals surface area contributed by atoms with Crippen LogP contribution in [-0.4, -0.2) is 30.6 Å². The lowest BCUT2D eigenvalue weighted by atomic mass is 9.79. The molecule has 0 aromatic heterocycles. The van der Waals surface area contributed by atoms with E-state index in [0.29, 0.717) is 30.4 Å². The molecule has 1 heterocycles. The summed E-state index contributed by atoms with van der Waals surface area (Å²) in [6.07, 6.45) is 8.65. The van der Waals surface area contributed by atoms with Crippen molar-refractivity contribution in [3.8, 4) is 5.75 Å². The monoisotopic (exact) mass is 548 g/mol. The van der Waals surface area contributed by atoms with Gasteiger partial charge in [0.25, 0.3) is 0 Å².